The molecule has 1 amide bonds. The summed E-state index contributed by atoms with van der Waals surface area (Å²) in [4.78, 5) is 20.2. The summed E-state index contributed by atoms with van der Waals surface area (Å²) in [5.41, 5.74) is 0.447. The van der Waals surface area contributed by atoms with Crippen molar-refractivity contribution in [3.05, 3.63) is 42.7 Å². The van der Waals surface area contributed by atoms with Crippen LogP contribution in [0.2, 0.25) is 0 Å². The van der Waals surface area contributed by atoms with Crippen molar-refractivity contribution >= 4 is 37.8 Å². The molecule has 2 aromatic rings. The first-order valence-electron chi connectivity index (χ1n) is 9.48. The van der Waals surface area contributed by atoms with Crippen molar-refractivity contribution in [2.45, 2.75) is 17.7 Å². The smallest absolute Gasteiger partial charge is 0.281 e. The van der Waals surface area contributed by atoms with Gasteiger partial charge in [0.2, 0.25) is 11.9 Å². The minimum Gasteiger partial charge on any atom is -0.326 e. The van der Waals surface area contributed by atoms with Gasteiger partial charge >= 0.3 is 0 Å². The van der Waals surface area contributed by atoms with Gasteiger partial charge in [0.25, 0.3) is 20.2 Å². The third-order valence-corrected chi connectivity index (χ3v) is 8.12. The molecule has 0 radical (unpaired) electrons. The molecule has 0 atom stereocenters. The zero-order chi connectivity index (χ0) is 22.6. The van der Waals surface area contributed by atoms with Gasteiger partial charge in [-0.3, -0.25) is 4.79 Å². The van der Waals surface area contributed by atoms with Gasteiger partial charge in [-0.05, 0) is 43.2 Å². The number of anilines is 2. The highest BCUT2D eigenvalue weighted by Gasteiger charge is 2.32. The highest BCUT2D eigenvalue weighted by molar-refractivity contribution is 7.92. The van der Waals surface area contributed by atoms with Gasteiger partial charge in [-0.15, -0.1) is 0 Å². The predicted octanol–water partition coefficient (Wildman–Crippen LogP) is 0.734. The molecule has 2 heterocycles. The van der Waals surface area contributed by atoms with Crippen LogP contribution in [-0.2, 0) is 25.0 Å². The fourth-order valence-corrected chi connectivity index (χ4v) is 5.16. The van der Waals surface area contributed by atoms with E-state index in [9.17, 15) is 21.6 Å². The standard InChI is InChI=1S/C18H24N6O5S2/c1-23(2)31(28,29)24-12-8-14(9-13-24)17(25)21-15-4-6-16(7-5-15)30(26,27)22-18-19-10-3-11-20-18/h3-7,10-11,14H,8-9,12-13H2,1-2H3,(H,21,25)(H,19,20,22). The van der Waals surface area contributed by atoms with Crippen LogP contribution < -0.4 is 10.0 Å². The predicted molar refractivity (Wildman–Crippen MR) is 115 cm³/mol. The summed E-state index contributed by atoms with van der Waals surface area (Å²) in [5.74, 6) is -0.593. The molecule has 1 fully saturated rings. The summed E-state index contributed by atoms with van der Waals surface area (Å²) in [7, 11) is -4.40. The highest BCUT2D eigenvalue weighted by atomic mass is 32.2. The quantitative estimate of drug-likeness (QED) is 0.610. The summed E-state index contributed by atoms with van der Waals surface area (Å²) >= 11 is 0. The number of rotatable bonds is 7. The van der Waals surface area contributed by atoms with Crippen LogP contribution in [0.5, 0.6) is 0 Å². The number of benzene rings is 1. The van der Waals surface area contributed by atoms with E-state index in [2.05, 4.69) is 20.0 Å². The van der Waals surface area contributed by atoms with Crippen molar-refractivity contribution < 1.29 is 21.6 Å². The monoisotopic (exact) mass is 468 g/mol. The topological polar surface area (TPSA) is 142 Å². The van der Waals surface area contributed by atoms with Crippen molar-refractivity contribution in [3.8, 4) is 0 Å². The minimum absolute atomic E-state index is 0.000141. The number of sulfonamides is 1. The number of carbonyl (C=O) groups is 1. The molecule has 3 rings (SSSR count). The van der Waals surface area contributed by atoms with Gasteiger partial charge in [-0.25, -0.2) is 23.1 Å². The lowest BCUT2D eigenvalue weighted by Crippen LogP contribution is -2.46. The number of piperidine rings is 1. The lowest BCUT2D eigenvalue weighted by atomic mass is 9.97. The van der Waals surface area contributed by atoms with E-state index < -0.39 is 20.2 Å². The van der Waals surface area contributed by atoms with E-state index in [1.54, 1.807) is 6.07 Å². The summed E-state index contributed by atoms with van der Waals surface area (Å²) in [5, 5.41) is 2.76. The molecule has 1 aromatic heterocycles. The molecule has 1 aliphatic heterocycles. The van der Waals surface area contributed by atoms with Crippen molar-refractivity contribution in [3.63, 3.8) is 0 Å². The second-order valence-electron chi connectivity index (χ2n) is 7.16. The van der Waals surface area contributed by atoms with Crippen LogP contribution in [0.25, 0.3) is 0 Å². The maximum atomic E-state index is 12.5. The Balaban J connectivity index is 1.58. The molecular weight excluding hydrogens is 444 g/mol. The average molecular weight is 469 g/mol. The second-order valence-corrected chi connectivity index (χ2v) is 11.0. The van der Waals surface area contributed by atoms with Gasteiger partial charge in [0.05, 0.1) is 4.90 Å². The number of aromatic nitrogens is 2. The van der Waals surface area contributed by atoms with Gasteiger partial charge in [0.1, 0.15) is 0 Å². The first-order valence-corrected chi connectivity index (χ1v) is 12.4. The lowest BCUT2D eigenvalue weighted by Gasteiger charge is -2.32. The fraction of sp³-hybridized carbons (Fsp3) is 0.389. The van der Waals surface area contributed by atoms with E-state index in [0.29, 0.717) is 18.5 Å². The van der Waals surface area contributed by atoms with E-state index in [1.165, 1.54) is 55.1 Å². The SMILES string of the molecule is CN(C)S(=O)(=O)N1CCC(C(=O)Nc2ccc(S(=O)(=O)Nc3ncccn3)cc2)CC1. The van der Waals surface area contributed by atoms with Gasteiger partial charge < -0.3 is 5.32 Å². The van der Waals surface area contributed by atoms with Crippen LogP contribution in [0.15, 0.2) is 47.6 Å². The van der Waals surface area contributed by atoms with Gasteiger partial charge in [0, 0.05) is 51.2 Å². The Hall–Kier alpha value is -2.61. The number of nitrogens with zero attached hydrogens (tertiary/aromatic N) is 4. The van der Waals surface area contributed by atoms with E-state index in [4.69, 9.17) is 0 Å². The maximum Gasteiger partial charge on any atom is 0.281 e. The Labute approximate surface area is 181 Å². The largest absolute Gasteiger partial charge is 0.326 e. The van der Waals surface area contributed by atoms with Gasteiger partial charge in [-0.2, -0.15) is 17.0 Å². The summed E-state index contributed by atoms with van der Waals surface area (Å²) in [6.07, 6.45) is 3.66. The molecule has 0 unspecified atom stereocenters. The summed E-state index contributed by atoms with van der Waals surface area (Å²) < 4.78 is 53.9. The van der Waals surface area contributed by atoms with Crippen LogP contribution >= 0.6 is 0 Å². The lowest BCUT2D eigenvalue weighted by molar-refractivity contribution is -0.120. The summed E-state index contributed by atoms with van der Waals surface area (Å²) in [6.45, 7) is 0.534. The number of hydrogen-bond acceptors (Lipinski definition) is 7. The van der Waals surface area contributed by atoms with Crippen LogP contribution in [0.3, 0.4) is 0 Å². The third kappa shape index (κ3) is 5.55. The Morgan fingerprint density at radius 1 is 1.03 bits per heavy atom. The molecule has 1 aromatic carbocycles. The molecule has 168 valence electrons. The highest BCUT2D eigenvalue weighted by Crippen LogP contribution is 2.23. The molecule has 2 N–H and O–H groups in total. The van der Waals surface area contributed by atoms with Gasteiger partial charge in [0.15, 0.2) is 0 Å². The van der Waals surface area contributed by atoms with E-state index in [-0.39, 0.29) is 35.8 Å². The van der Waals surface area contributed by atoms with Crippen LogP contribution in [-0.4, -0.2) is 68.5 Å². The number of nitrogens with one attached hydrogen (secondary N) is 2. The number of hydrogen-bond donors (Lipinski definition) is 2. The zero-order valence-corrected chi connectivity index (χ0v) is 18.7. The average Bonchev–Trinajstić information content (AvgIpc) is 2.74. The Kier molecular flexibility index (Phi) is 6.89. The third-order valence-electron chi connectivity index (χ3n) is 4.84. The van der Waals surface area contributed by atoms with Crippen molar-refractivity contribution in [2.24, 2.45) is 5.92 Å². The second kappa shape index (κ2) is 9.26. The van der Waals surface area contributed by atoms with Crippen LogP contribution in [0.1, 0.15) is 12.8 Å². The molecule has 31 heavy (non-hydrogen) atoms. The van der Waals surface area contributed by atoms with Crippen molar-refractivity contribution in [2.75, 3.05) is 37.2 Å². The minimum atomic E-state index is -3.86. The maximum absolute atomic E-state index is 12.5. The molecule has 1 aliphatic rings. The van der Waals surface area contributed by atoms with Crippen LogP contribution in [0, 0.1) is 5.92 Å². The normalized spacial score (nSPS) is 16.2. The molecule has 0 aliphatic carbocycles. The zero-order valence-electron chi connectivity index (χ0n) is 17.1. The molecule has 11 nitrogen and oxygen atoms in total. The fourth-order valence-electron chi connectivity index (χ4n) is 3.07. The first kappa shape index (κ1) is 23.1. The Morgan fingerprint density at radius 3 is 2.16 bits per heavy atom. The van der Waals surface area contributed by atoms with Crippen molar-refractivity contribution in [1.82, 2.24) is 18.6 Å². The molecule has 0 spiro atoms. The Bertz CT molecular complexity index is 1110. The molecule has 1 saturated heterocycles. The van der Waals surface area contributed by atoms with E-state index in [1.807, 2.05) is 0 Å². The molecule has 0 bridgehead atoms. The van der Waals surface area contributed by atoms with Crippen molar-refractivity contribution in [1.29, 1.82) is 0 Å². The molecule has 0 saturated carbocycles. The Morgan fingerprint density at radius 2 is 1.61 bits per heavy atom. The number of amides is 1. The number of carbonyl (C=O) groups excluding carboxylic acids is 1. The van der Waals surface area contributed by atoms with Crippen LogP contribution in [0.4, 0.5) is 11.6 Å². The molecular formula is C18H24N6O5S2. The van der Waals surface area contributed by atoms with Gasteiger partial charge in [-0.1, -0.05) is 0 Å². The van der Waals surface area contributed by atoms with E-state index in [0.717, 1.165) is 4.31 Å². The first-order chi connectivity index (χ1) is 14.6. The molecule has 13 heteroatoms. The van der Waals surface area contributed by atoms with E-state index >= 15 is 0 Å². The summed E-state index contributed by atoms with van der Waals surface area (Å²) in [6, 6.07) is 7.29.